The molecule has 23 heavy (non-hydrogen) atoms. The molecule has 1 N–H and O–H groups in total. The summed E-state index contributed by atoms with van der Waals surface area (Å²) >= 11 is 6.21. The number of carboxylic acids is 1. The third-order valence-corrected chi connectivity index (χ3v) is 4.16. The van der Waals surface area contributed by atoms with Gasteiger partial charge in [-0.05, 0) is 49.2 Å². The maximum absolute atomic E-state index is 13.9. The molecular weight excluding hydrogens is 319 g/mol. The fourth-order valence-corrected chi connectivity index (χ4v) is 2.96. The van der Waals surface area contributed by atoms with E-state index in [9.17, 15) is 14.3 Å². The van der Waals surface area contributed by atoms with Crippen molar-refractivity contribution in [2.24, 2.45) is 0 Å². The summed E-state index contributed by atoms with van der Waals surface area (Å²) in [5.74, 6) is -1.45. The van der Waals surface area contributed by atoms with Gasteiger partial charge in [-0.3, -0.25) is 0 Å². The predicted molar refractivity (Wildman–Crippen MR) is 87.5 cm³/mol. The summed E-state index contributed by atoms with van der Waals surface area (Å²) in [5, 5.41) is 9.88. The van der Waals surface area contributed by atoms with Gasteiger partial charge >= 0.3 is 5.97 Å². The van der Waals surface area contributed by atoms with Gasteiger partial charge in [0.2, 0.25) is 0 Å². The van der Waals surface area contributed by atoms with Crippen LogP contribution in [0.15, 0.2) is 30.6 Å². The minimum Gasteiger partial charge on any atom is -0.478 e. The SMILES string of the molecule is CCn1cnc2cc(-c3cc(F)c(C)cc3Cl)cc(C(=O)O)c21. The number of nitrogens with zero attached hydrogens (tertiary/aromatic N) is 2. The van der Waals surface area contributed by atoms with Crippen molar-refractivity contribution in [2.45, 2.75) is 20.4 Å². The molecule has 4 nitrogen and oxygen atoms in total. The first-order valence-corrected chi connectivity index (χ1v) is 7.48. The van der Waals surface area contributed by atoms with E-state index in [2.05, 4.69) is 4.98 Å². The van der Waals surface area contributed by atoms with Crippen molar-refractivity contribution in [1.29, 1.82) is 0 Å². The van der Waals surface area contributed by atoms with Gasteiger partial charge in [-0.15, -0.1) is 0 Å². The standard InChI is InChI=1S/C17H14ClFN2O2/c1-3-21-8-20-15-6-10(5-12(16(15)21)17(22)23)11-7-14(19)9(2)4-13(11)18/h4-8H,3H2,1-2H3,(H,22,23). The molecule has 1 aromatic heterocycles. The molecule has 3 aromatic rings. The van der Waals surface area contributed by atoms with E-state index < -0.39 is 5.97 Å². The Labute approximate surface area is 137 Å². The smallest absolute Gasteiger partial charge is 0.337 e. The number of rotatable bonds is 3. The highest BCUT2D eigenvalue weighted by Crippen LogP contribution is 2.33. The fraction of sp³-hybridized carbons (Fsp3) is 0.176. The van der Waals surface area contributed by atoms with Gasteiger partial charge in [0.1, 0.15) is 5.82 Å². The number of fused-ring (bicyclic) bond motifs is 1. The van der Waals surface area contributed by atoms with Crippen molar-refractivity contribution >= 4 is 28.6 Å². The van der Waals surface area contributed by atoms with Crippen molar-refractivity contribution in [3.8, 4) is 11.1 Å². The highest BCUT2D eigenvalue weighted by Gasteiger charge is 2.17. The molecule has 0 bridgehead atoms. The Kier molecular flexibility index (Phi) is 3.82. The van der Waals surface area contributed by atoms with Gasteiger partial charge in [-0.25, -0.2) is 14.2 Å². The average Bonchev–Trinajstić information content (AvgIpc) is 2.92. The fourth-order valence-electron chi connectivity index (χ4n) is 2.63. The minimum absolute atomic E-state index is 0.119. The molecule has 0 aliphatic carbocycles. The van der Waals surface area contributed by atoms with Crippen molar-refractivity contribution in [1.82, 2.24) is 9.55 Å². The zero-order valence-corrected chi connectivity index (χ0v) is 13.4. The van der Waals surface area contributed by atoms with Gasteiger partial charge < -0.3 is 9.67 Å². The van der Waals surface area contributed by atoms with Gasteiger partial charge in [0.05, 0.1) is 22.9 Å². The molecule has 0 aliphatic rings. The Morgan fingerprint density at radius 2 is 2.09 bits per heavy atom. The van der Waals surface area contributed by atoms with E-state index in [-0.39, 0.29) is 11.4 Å². The Morgan fingerprint density at radius 1 is 1.35 bits per heavy atom. The first-order valence-electron chi connectivity index (χ1n) is 7.10. The number of hydrogen-bond donors (Lipinski definition) is 1. The van der Waals surface area contributed by atoms with E-state index in [4.69, 9.17) is 11.6 Å². The van der Waals surface area contributed by atoms with E-state index in [0.717, 1.165) is 0 Å². The second kappa shape index (κ2) is 5.66. The highest BCUT2D eigenvalue weighted by molar-refractivity contribution is 6.33. The molecule has 0 unspecified atom stereocenters. The van der Waals surface area contributed by atoms with Crippen LogP contribution in [0.4, 0.5) is 4.39 Å². The van der Waals surface area contributed by atoms with Gasteiger partial charge in [-0.2, -0.15) is 0 Å². The van der Waals surface area contributed by atoms with Gasteiger partial charge in [-0.1, -0.05) is 11.6 Å². The number of benzene rings is 2. The molecule has 0 radical (unpaired) electrons. The number of carbonyl (C=O) groups is 1. The molecule has 6 heteroatoms. The molecule has 0 atom stereocenters. The van der Waals surface area contributed by atoms with Crippen molar-refractivity contribution in [3.05, 3.63) is 52.6 Å². The lowest BCUT2D eigenvalue weighted by Crippen LogP contribution is -2.03. The number of aromatic carboxylic acids is 1. The summed E-state index contributed by atoms with van der Waals surface area (Å²) in [4.78, 5) is 15.9. The molecule has 0 aliphatic heterocycles. The van der Waals surface area contributed by atoms with E-state index in [1.807, 2.05) is 6.92 Å². The van der Waals surface area contributed by atoms with Gasteiger partial charge in [0.15, 0.2) is 0 Å². The number of aryl methyl sites for hydroxylation is 2. The molecular formula is C17H14ClFN2O2. The van der Waals surface area contributed by atoms with Crippen LogP contribution in [0.1, 0.15) is 22.8 Å². The van der Waals surface area contributed by atoms with E-state index in [0.29, 0.717) is 39.3 Å². The number of aromatic nitrogens is 2. The number of hydrogen-bond acceptors (Lipinski definition) is 2. The van der Waals surface area contributed by atoms with Crippen LogP contribution in [0.5, 0.6) is 0 Å². The Morgan fingerprint density at radius 3 is 2.74 bits per heavy atom. The molecule has 2 aromatic carbocycles. The van der Waals surface area contributed by atoms with E-state index in [1.165, 1.54) is 18.2 Å². The van der Waals surface area contributed by atoms with Crippen LogP contribution in [-0.4, -0.2) is 20.6 Å². The third-order valence-electron chi connectivity index (χ3n) is 3.84. The molecule has 0 saturated heterocycles. The lowest BCUT2D eigenvalue weighted by molar-refractivity contribution is 0.0698. The third kappa shape index (κ3) is 2.57. The second-order valence-electron chi connectivity index (χ2n) is 5.31. The molecule has 0 spiro atoms. The van der Waals surface area contributed by atoms with Crippen LogP contribution in [0.25, 0.3) is 22.2 Å². The Bertz CT molecular complexity index is 934. The van der Waals surface area contributed by atoms with Crippen molar-refractivity contribution < 1.29 is 14.3 Å². The van der Waals surface area contributed by atoms with Crippen molar-refractivity contribution in [2.75, 3.05) is 0 Å². The van der Waals surface area contributed by atoms with Crippen molar-refractivity contribution in [3.63, 3.8) is 0 Å². The summed E-state index contributed by atoms with van der Waals surface area (Å²) in [7, 11) is 0. The first kappa shape index (κ1) is 15.5. The summed E-state index contributed by atoms with van der Waals surface area (Å²) in [6.45, 7) is 4.14. The second-order valence-corrected chi connectivity index (χ2v) is 5.72. The van der Waals surface area contributed by atoms with Crippen LogP contribution in [-0.2, 0) is 6.54 Å². The molecule has 0 saturated carbocycles. The summed E-state index contributed by atoms with van der Waals surface area (Å²) in [6, 6.07) is 6.08. The normalized spacial score (nSPS) is 11.1. The van der Waals surface area contributed by atoms with Crippen LogP contribution < -0.4 is 0 Å². The van der Waals surface area contributed by atoms with E-state index in [1.54, 1.807) is 23.9 Å². The zero-order chi connectivity index (χ0) is 16.7. The number of carboxylic acid groups (broad SMARTS) is 1. The monoisotopic (exact) mass is 332 g/mol. The zero-order valence-electron chi connectivity index (χ0n) is 12.6. The van der Waals surface area contributed by atoms with Crippen LogP contribution in [0.3, 0.4) is 0 Å². The van der Waals surface area contributed by atoms with Gasteiger partial charge in [0.25, 0.3) is 0 Å². The summed E-state index contributed by atoms with van der Waals surface area (Å²) in [6.07, 6.45) is 1.60. The Balaban J connectivity index is 2.32. The lowest BCUT2D eigenvalue weighted by Gasteiger charge is -2.10. The minimum atomic E-state index is -1.06. The highest BCUT2D eigenvalue weighted by atomic mass is 35.5. The predicted octanol–water partition coefficient (Wildman–Crippen LogP) is 4.52. The lowest BCUT2D eigenvalue weighted by atomic mass is 10.00. The number of halogens is 2. The van der Waals surface area contributed by atoms with Crippen LogP contribution >= 0.6 is 11.6 Å². The van der Waals surface area contributed by atoms with Crippen LogP contribution in [0.2, 0.25) is 5.02 Å². The quantitative estimate of drug-likeness (QED) is 0.767. The average molecular weight is 333 g/mol. The van der Waals surface area contributed by atoms with Crippen LogP contribution in [0, 0.1) is 12.7 Å². The Hall–Kier alpha value is -2.40. The van der Waals surface area contributed by atoms with Gasteiger partial charge in [0, 0.05) is 17.1 Å². The molecule has 0 fully saturated rings. The van der Waals surface area contributed by atoms with E-state index >= 15 is 0 Å². The molecule has 118 valence electrons. The molecule has 1 heterocycles. The molecule has 3 rings (SSSR count). The first-order chi connectivity index (χ1) is 10.9. The maximum atomic E-state index is 13.9. The molecule has 0 amide bonds. The number of imidazole rings is 1. The maximum Gasteiger partial charge on any atom is 0.337 e. The summed E-state index contributed by atoms with van der Waals surface area (Å²) < 4.78 is 15.6. The topological polar surface area (TPSA) is 55.1 Å². The summed E-state index contributed by atoms with van der Waals surface area (Å²) in [5.41, 5.74) is 2.62. The largest absolute Gasteiger partial charge is 0.478 e.